The molecule has 1 saturated heterocycles. The summed E-state index contributed by atoms with van der Waals surface area (Å²) in [5.74, 6) is 0.0626. The number of ether oxygens (including phenoxy) is 2. The Labute approximate surface area is 152 Å². The van der Waals surface area contributed by atoms with E-state index in [9.17, 15) is 14.9 Å². The summed E-state index contributed by atoms with van der Waals surface area (Å²) in [6, 6.07) is 6.65. The molecule has 0 radical (unpaired) electrons. The fourth-order valence-electron chi connectivity index (χ4n) is 2.61. The highest BCUT2D eigenvalue weighted by molar-refractivity contribution is 6.06. The molecule has 8 heteroatoms. The van der Waals surface area contributed by atoms with Crippen molar-refractivity contribution in [3.63, 3.8) is 0 Å². The average Bonchev–Trinajstić information content (AvgIpc) is 2.68. The van der Waals surface area contributed by atoms with Crippen LogP contribution in [0.3, 0.4) is 0 Å². The summed E-state index contributed by atoms with van der Waals surface area (Å²) in [7, 11) is 3.00. The molecule has 1 aromatic rings. The molecule has 0 spiro atoms. The van der Waals surface area contributed by atoms with Crippen LogP contribution in [0.4, 0.5) is 5.69 Å². The molecule has 1 heterocycles. The maximum atomic E-state index is 12.3. The van der Waals surface area contributed by atoms with Crippen molar-refractivity contribution in [3.05, 3.63) is 30.0 Å². The zero-order chi connectivity index (χ0) is 18.9. The van der Waals surface area contributed by atoms with E-state index in [1.807, 2.05) is 0 Å². The van der Waals surface area contributed by atoms with Gasteiger partial charge in [-0.15, -0.1) is 0 Å². The van der Waals surface area contributed by atoms with E-state index in [-0.39, 0.29) is 17.4 Å². The van der Waals surface area contributed by atoms with Crippen LogP contribution in [0.2, 0.25) is 0 Å². The molecule has 0 bridgehead atoms. The maximum absolute atomic E-state index is 12.3. The van der Waals surface area contributed by atoms with Crippen molar-refractivity contribution >= 4 is 17.5 Å². The smallest absolute Gasteiger partial charge is 0.267 e. The summed E-state index contributed by atoms with van der Waals surface area (Å²) in [5.41, 5.74) is 0.251. The van der Waals surface area contributed by atoms with Crippen LogP contribution < -0.4 is 25.4 Å². The van der Waals surface area contributed by atoms with Crippen molar-refractivity contribution in [1.29, 1.82) is 5.26 Å². The molecule has 2 rings (SSSR count). The Hall–Kier alpha value is -3.05. The van der Waals surface area contributed by atoms with Gasteiger partial charge in [-0.3, -0.25) is 9.59 Å². The molecule has 0 atom stereocenters. The molecule has 1 fully saturated rings. The van der Waals surface area contributed by atoms with Crippen LogP contribution in [0, 0.1) is 17.2 Å². The highest BCUT2D eigenvalue weighted by Crippen LogP contribution is 2.29. The largest absolute Gasteiger partial charge is 0.493 e. The highest BCUT2D eigenvalue weighted by atomic mass is 16.5. The lowest BCUT2D eigenvalue weighted by molar-refractivity contribution is -0.124. The Morgan fingerprint density at radius 2 is 1.92 bits per heavy atom. The fraction of sp³-hybridized carbons (Fsp3) is 0.389. The number of benzene rings is 1. The van der Waals surface area contributed by atoms with E-state index in [1.165, 1.54) is 14.2 Å². The van der Waals surface area contributed by atoms with E-state index < -0.39 is 5.91 Å². The predicted molar refractivity (Wildman–Crippen MR) is 95.6 cm³/mol. The van der Waals surface area contributed by atoms with Gasteiger partial charge in [0.05, 0.1) is 14.2 Å². The first kappa shape index (κ1) is 19.3. The molecule has 1 aliphatic heterocycles. The lowest BCUT2D eigenvalue weighted by atomic mass is 9.97. The fourth-order valence-corrected chi connectivity index (χ4v) is 2.61. The molecule has 0 aromatic heterocycles. The van der Waals surface area contributed by atoms with E-state index >= 15 is 0 Å². The van der Waals surface area contributed by atoms with Crippen molar-refractivity contribution in [3.8, 4) is 17.6 Å². The summed E-state index contributed by atoms with van der Waals surface area (Å²) >= 11 is 0. The number of nitrogens with one attached hydrogen (secondary N) is 3. The minimum absolute atomic E-state index is 0.110. The minimum Gasteiger partial charge on any atom is -0.493 e. The second kappa shape index (κ2) is 9.44. The van der Waals surface area contributed by atoms with E-state index in [2.05, 4.69) is 16.0 Å². The Kier molecular flexibility index (Phi) is 7.00. The molecule has 1 aromatic carbocycles. The van der Waals surface area contributed by atoms with Crippen LogP contribution in [0.1, 0.15) is 12.8 Å². The monoisotopic (exact) mass is 358 g/mol. The summed E-state index contributed by atoms with van der Waals surface area (Å²) in [4.78, 5) is 24.3. The predicted octanol–water partition coefficient (Wildman–Crippen LogP) is 1.17. The number of hydrogen-bond donors (Lipinski definition) is 3. The first-order chi connectivity index (χ1) is 12.6. The molecular formula is C18H22N4O4. The molecule has 3 N–H and O–H groups in total. The van der Waals surface area contributed by atoms with Gasteiger partial charge < -0.3 is 25.4 Å². The number of amides is 2. The molecule has 0 saturated carbocycles. The molecular weight excluding hydrogens is 336 g/mol. The van der Waals surface area contributed by atoms with Gasteiger partial charge in [0, 0.05) is 23.9 Å². The van der Waals surface area contributed by atoms with Crippen LogP contribution >= 0.6 is 0 Å². The van der Waals surface area contributed by atoms with Gasteiger partial charge in [0.1, 0.15) is 11.6 Å². The molecule has 0 unspecified atom stereocenters. The first-order valence-corrected chi connectivity index (χ1v) is 8.23. The Morgan fingerprint density at radius 1 is 1.23 bits per heavy atom. The summed E-state index contributed by atoms with van der Waals surface area (Å²) in [6.45, 7) is 1.57. The molecule has 138 valence electrons. The number of nitriles is 1. The lowest BCUT2D eigenvalue weighted by Gasteiger charge is -2.20. The number of hydrogen-bond acceptors (Lipinski definition) is 6. The highest BCUT2D eigenvalue weighted by Gasteiger charge is 2.20. The molecule has 2 amide bonds. The molecule has 26 heavy (non-hydrogen) atoms. The van der Waals surface area contributed by atoms with Crippen LogP contribution in [0.5, 0.6) is 11.5 Å². The number of carbonyl (C=O) groups is 2. The number of rotatable bonds is 6. The lowest BCUT2D eigenvalue weighted by Crippen LogP contribution is -2.36. The minimum atomic E-state index is -0.620. The van der Waals surface area contributed by atoms with Crippen LogP contribution in [-0.4, -0.2) is 39.1 Å². The Morgan fingerprint density at radius 3 is 2.54 bits per heavy atom. The van der Waals surface area contributed by atoms with Crippen LogP contribution in [0.25, 0.3) is 0 Å². The Balaban J connectivity index is 2.01. The van der Waals surface area contributed by atoms with Crippen molar-refractivity contribution < 1.29 is 19.1 Å². The normalized spacial score (nSPS) is 14.9. The van der Waals surface area contributed by atoms with Gasteiger partial charge in [-0.05, 0) is 38.1 Å². The zero-order valence-corrected chi connectivity index (χ0v) is 14.8. The molecule has 8 nitrogen and oxygen atoms in total. The number of nitrogens with zero attached hydrogens (tertiary/aromatic N) is 1. The van der Waals surface area contributed by atoms with E-state index in [0.717, 1.165) is 32.1 Å². The van der Waals surface area contributed by atoms with Gasteiger partial charge in [0.2, 0.25) is 5.91 Å². The number of anilines is 1. The average molecular weight is 358 g/mol. The second-order valence-corrected chi connectivity index (χ2v) is 5.73. The quantitative estimate of drug-likeness (QED) is 0.520. The SMILES string of the molecule is COc1ccc(NC(=O)/C(C#N)=C\NC(=O)C2CCNCC2)cc1OC. The number of carbonyl (C=O) groups excluding carboxylic acids is 2. The van der Waals surface area contributed by atoms with Gasteiger partial charge in [-0.25, -0.2) is 0 Å². The van der Waals surface area contributed by atoms with Gasteiger partial charge in [0.25, 0.3) is 5.91 Å². The number of methoxy groups -OCH3 is 2. The number of piperidine rings is 1. The van der Waals surface area contributed by atoms with Gasteiger partial charge in [-0.2, -0.15) is 5.26 Å². The van der Waals surface area contributed by atoms with E-state index in [1.54, 1.807) is 24.3 Å². The molecule has 1 aliphatic rings. The van der Waals surface area contributed by atoms with Crippen molar-refractivity contribution in [1.82, 2.24) is 10.6 Å². The zero-order valence-electron chi connectivity index (χ0n) is 14.8. The Bertz CT molecular complexity index is 733. The third-order valence-corrected chi connectivity index (χ3v) is 4.08. The third-order valence-electron chi connectivity index (χ3n) is 4.08. The molecule has 0 aliphatic carbocycles. The summed E-state index contributed by atoms with van der Waals surface area (Å²) in [6.07, 6.45) is 2.62. The maximum Gasteiger partial charge on any atom is 0.267 e. The van der Waals surface area contributed by atoms with Gasteiger partial charge >= 0.3 is 0 Å². The van der Waals surface area contributed by atoms with Crippen LogP contribution in [-0.2, 0) is 9.59 Å². The van der Waals surface area contributed by atoms with Gasteiger partial charge in [-0.1, -0.05) is 0 Å². The van der Waals surface area contributed by atoms with Crippen LogP contribution in [0.15, 0.2) is 30.0 Å². The van der Waals surface area contributed by atoms with Crippen molar-refractivity contribution in [2.24, 2.45) is 5.92 Å². The first-order valence-electron chi connectivity index (χ1n) is 8.23. The van der Waals surface area contributed by atoms with Crippen molar-refractivity contribution in [2.45, 2.75) is 12.8 Å². The summed E-state index contributed by atoms with van der Waals surface area (Å²) < 4.78 is 10.3. The standard InChI is InChI=1S/C18H22N4O4/c1-25-15-4-3-14(9-16(15)26-2)22-18(24)13(10-19)11-21-17(23)12-5-7-20-8-6-12/h3-4,9,11-12,20H,5-8H2,1-2H3,(H,21,23)(H,22,24)/b13-11-. The van der Waals surface area contributed by atoms with E-state index in [0.29, 0.717) is 17.2 Å². The summed E-state index contributed by atoms with van der Waals surface area (Å²) in [5, 5.41) is 17.5. The van der Waals surface area contributed by atoms with Crippen molar-refractivity contribution in [2.75, 3.05) is 32.6 Å². The topological polar surface area (TPSA) is 112 Å². The third kappa shape index (κ3) is 4.97. The second-order valence-electron chi connectivity index (χ2n) is 5.73. The van der Waals surface area contributed by atoms with Gasteiger partial charge in [0.15, 0.2) is 11.5 Å². The van der Waals surface area contributed by atoms with E-state index in [4.69, 9.17) is 9.47 Å².